The number of rotatable bonds is 9. The van der Waals surface area contributed by atoms with Gasteiger partial charge < -0.3 is 4.74 Å². The molecule has 0 N–H and O–H groups in total. The van der Waals surface area contributed by atoms with Gasteiger partial charge in [0.25, 0.3) is 0 Å². The molecule has 4 aromatic carbocycles. The van der Waals surface area contributed by atoms with Gasteiger partial charge in [-0.2, -0.15) is 0 Å². The summed E-state index contributed by atoms with van der Waals surface area (Å²) in [5.74, 6) is 0.822. The summed E-state index contributed by atoms with van der Waals surface area (Å²) >= 11 is 0. The topological polar surface area (TPSA) is 29.1 Å². The number of hydrogen-bond acceptors (Lipinski definition) is 1. The summed E-state index contributed by atoms with van der Waals surface area (Å²) in [6, 6.07) is 35.8. The number of benzene rings is 4. The third-order valence-electron chi connectivity index (χ3n) is 5.51. The third-order valence-corrected chi connectivity index (χ3v) is 5.51. The van der Waals surface area contributed by atoms with Gasteiger partial charge in [-0.05, 0) is 46.7 Å². The average Bonchev–Trinajstić information content (AvgIpc) is 2.82. The maximum Gasteiger partial charge on any atom is 0.123 e. The van der Waals surface area contributed by atoms with E-state index >= 15 is 0 Å². The van der Waals surface area contributed by atoms with Crippen LogP contribution in [0.1, 0.15) is 33.4 Å². The van der Waals surface area contributed by atoms with Gasteiger partial charge in [0.15, 0.2) is 0 Å². The first kappa shape index (κ1) is 20.9. The third kappa shape index (κ3) is 5.62. The second-order valence-corrected chi connectivity index (χ2v) is 7.72. The molecule has 4 rings (SSSR count). The van der Waals surface area contributed by atoms with Crippen molar-refractivity contribution in [2.75, 3.05) is 13.2 Å². The largest absolute Gasteiger partial charge is 0.491 e. The minimum Gasteiger partial charge on any atom is -0.491 e. The van der Waals surface area contributed by atoms with Crippen LogP contribution in [0, 0.1) is 0 Å². The molecule has 31 heavy (non-hydrogen) atoms. The Bertz CT molecular complexity index is 1070. The minimum absolute atomic E-state index is 0.185. The second kappa shape index (κ2) is 10.6. The Labute approximate surface area is 184 Å². The fourth-order valence-corrected chi connectivity index (χ4v) is 4.00. The first-order valence-electron chi connectivity index (χ1n) is 10.8. The van der Waals surface area contributed by atoms with E-state index in [1.807, 2.05) is 18.2 Å². The summed E-state index contributed by atoms with van der Waals surface area (Å²) in [5.41, 5.74) is 7.57. The van der Waals surface area contributed by atoms with E-state index in [4.69, 9.17) is 4.74 Å². The Hall–Kier alpha value is -3.36. The first-order valence-corrected chi connectivity index (χ1v) is 10.8. The Morgan fingerprint density at radius 2 is 1.00 bits per heavy atom. The normalized spacial score (nSPS) is 10.7. The van der Waals surface area contributed by atoms with Gasteiger partial charge in [0.1, 0.15) is 19.0 Å². The van der Waals surface area contributed by atoms with Crippen LogP contribution in [-0.2, 0) is 24.4 Å². The molecule has 0 aliphatic heterocycles. The number of ether oxygens (including phenoxy) is 1. The Kier molecular flexibility index (Phi) is 7.15. The highest BCUT2D eigenvalue weighted by molar-refractivity contribution is 5.51. The van der Waals surface area contributed by atoms with Crippen LogP contribution in [-0.4, -0.2) is 13.2 Å². The quantitative estimate of drug-likeness (QED) is 0.321. The van der Waals surface area contributed by atoms with Crippen LogP contribution in [0.2, 0.25) is 0 Å². The van der Waals surface area contributed by atoms with E-state index in [1.165, 1.54) is 33.4 Å². The lowest BCUT2D eigenvalue weighted by Crippen LogP contribution is -2.09. The SMILES string of the molecule is [O]CCOc1ccc(Cc2ccccc2)c(Cc2ccccc2)c1Cc1ccccc1. The summed E-state index contributed by atoms with van der Waals surface area (Å²) in [4.78, 5) is 0. The van der Waals surface area contributed by atoms with Gasteiger partial charge in [-0.15, -0.1) is 0 Å². The van der Waals surface area contributed by atoms with E-state index in [-0.39, 0.29) is 13.2 Å². The zero-order chi connectivity index (χ0) is 21.3. The summed E-state index contributed by atoms with van der Waals surface area (Å²) in [6.45, 7) is -0.0604. The molecule has 0 spiro atoms. The zero-order valence-electron chi connectivity index (χ0n) is 17.7. The lowest BCUT2D eigenvalue weighted by Gasteiger charge is -2.20. The van der Waals surface area contributed by atoms with E-state index in [0.29, 0.717) is 0 Å². The van der Waals surface area contributed by atoms with Gasteiger partial charge in [-0.1, -0.05) is 97.1 Å². The molecule has 0 saturated carbocycles. The van der Waals surface area contributed by atoms with Crippen LogP contribution in [0.5, 0.6) is 5.75 Å². The van der Waals surface area contributed by atoms with Crippen molar-refractivity contribution in [3.8, 4) is 5.75 Å². The highest BCUT2D eigenvalue weighted by Crippen LogP contribution is 2.32. The van der Waals surface area contributed by atoms with Gasteiger partial charge >= 0.3 is 0 Å². The summed E-state index contributed by atoms with van der Waals surface area (Å²) in [6.07, 6.45) is 2.48. The van der Waals surface area contributed by atoms with Crippen LogP contribution >= 0.6 is 0 Å². The predicted molar refractivity (Wildman–Crippen MR) is 125 cm³/mol. The van der Waals surface area contributed by atoms with Crippen LogP contribution in [0.4, 0.5) is 0 Å². The van der Waals surface area contributed by atoms with Gasteiger partial charge in [-0.25, -0.2) is 5.11 Å². The van der Waals surface area contributed by atoms with Crippen molar-refractivity contribution in [3.05, 3.63) is 137 Å². The molecule has 155 valence electrons. The zero-order valence-corrected chi connectivity index (χ0v) is 17.7. The highest BCUT2D eigenvalue weighted by Gasteiger charge is 2.16. The Morgan fingerprint density at radius 3 is 1.52 bits per heavy atom. The Balaban J connectivity index is 1.80. The Morgan fingerprint density at radius 1 is 0.516 bits per heavy atom. The summed E-state index contributed by atoms with van der Waals surface area (Å²) < 4.78 is 5.93. The molecular weight excluding hydrogens is 380 g/mol. The molecular formula is C29H27O2. The van der Waals surface area contributed by atoms with Gasteiger partial charge in [0.05, 0.1) is 0 Å². The van der Waals surface area contributed by atoms with Crippen LogP contribution in [0.15, 0.2) is 103 Å². The van der Waals surface area contributed by atoms with Crippen molar-refractivity contribution in [2.24, 2.45) is 0 Å². The molecule has 0 aliphatic rings. The molecule has 2 heteroatoms. The molecule has 1 radical (unpaired) electrons. The molecule has 0 aliphatic carbocycles. The molecule has 0 heterocycles. The molecule has 0 amide bonds. The van der Waals surface area contributed by atoms with Crippen molar-refractivity contribution in [2.45, 2.75) is 19.3 Å². The monoisotopic (exact) mass is 407 g/mol. The van der Waals surface area contributed by atoms with Crippen LogP contribution < -0.4 is 4.74 Å². The van der Waals surface area contributed by atoms with Gasteiger partial charge in [0, 0.05) is 12.0 Å². The second-order valence-electron chi connectivity index (χ2n) is 7.72. The standard InChI is InChI=1S/C29H27O2/c30-18-19-31-29-17-16-26(20-23-10-4-1-5-11-23)27(21-24-12-6-2-7-13-24)28(29)22-25-14-8-3-9-15-25/h1-17H,18-22H2. The van der Waals surface area contributed by atoms with E-state index in [9.17, 15) is 5.11 Å². The lowest BCUT2D eigenvalue weighted by molar-refractivity contribution is 0.137. The highest BCUT2D eigenvalue weighted by atomic mass is 16.5. The molecule has 0 aromatic heterocycles. The summed E-state index contributed by atoms with van der Waals surface area (Å²) in [5, 5.41) is 11.1. The average molecular weight is 408 g/mol. The molecule has 4 aromatic rings. The number of hydrogen-bond donors (Lipinski definition) is 0. The molecule has 2 nitrogen and oxygen atoms in total. The van der Waals surface area contributed by atoms with E-state index < -0.39 is 0 Å². The van der Waals surface area contributed by atoms with Crippen LogP contribution in [0.3, 0.4) is 0 Å². The van der Waals surface area contributed by atoms with Crippen molar-refractivity contribution < 1.29 is 9.84 Å². The van der Waals surface area contributed by atoms with E-state index in [0.717, 1.165) is 25.0 Å². The maximum absolute atomic E-state index is 11.1. The van der Waals surface area contributed by atoms with Gasteiger partial charge in [0.2, 0.25) is 0 Å². The maximum atomic E-state index is 11.1. The van der Waals surface area contributed by atoms with Crippen molar-refractivity contribution in [3.63, 3.8) is 0 Å². The van der Waals surface area contributed by atoms with Crippen molar-refractivity contribution in [1.29, 1.82) is 0 Å². The fourth-order valence-electron chi connectivity index (χ4n) is 4.00. The van der Waals surface area contributed by atoms with Crippen LogP contribution in [0.25, 0.3) is 0 Å². The smallest absolute Gasteiger partial charge is 0.123 e. The molecule has 0 saturated heterocycles. The molecule has 0 atom stereocenters. The predicted octanol–water partition coefficient (Wildman–Crippen LogP) is 6.27. The lowest BCUT2D eigenvalue weighted by atomic mass is 9.88. The van der Waals surface area contributed by atoms with Gasteiger partial charge in [-0.3, -0.25) is 0 Å². The van der Waals surface area contributed by atoms with E-state index in [2.05, 4.69) is 84.9 Å². The molecule has 0 unspecified atom stereocenters. The van der Waals surface area contributed by atoms with Crippen molar-refractivity contribution in [1.82, 2.24) is 0 Å². The van der Waals surface area contributed by atoms with E-state index in [1.54, 1.807) is 0 Å². The molecule has 0 fully saturated rings. The molecule has 0 bridgehead atoms. The minimum atomic E-state index is -0.245. The fraction of sp³-hybridized carbons (Fsp3) is 0.172. The summed E-state index contributed by atoms with van der Waals surface area (Å²) in [7, 11) is 0. The van der Waals surface area contributed by atoms with Crippen molar-refractivity contribution >= 4 is 0 Å². The first-order chi connectivity index (χ1) is 15.3.